The summed E-state index contributed by atoms with van der Waals surface area (Å²) in [7, 11) is 0. The second kappa shape index (κ2) is 5.03. The van der Waals surface area contributed by atoms with Crippen molar-refractivity contribution in [3.05, 3.63) is 12.7 Å². The molecule has 0 heterocycles. The van der Waals surface area contributed by atoms with Gasteiger partial charge in [-0.1, -0.05) is 13.0 Å². The van der Waals surface area contributed by atoms with Crippen LogP contribution in [-0.2, 0) is 4.79 Å². The maximum absolute atomic E-state index is 10.0. The summed E-state index contributed by atoms with van der Waals surface area (Å²) in [4.78, 5) is 10.0. The topological polar surface area (TPSA) is 37.3 Å². The molecule has 0 aromatic heterocycles. The number of hydrogen-bond acceptors (Lipinski definition) is 1. The van der Waals surface area contributed by atoms with Crippen molar-refractivity contribution in [2.75, 3.05) is 0 Å². The molecule has 0 bridgehead atoms. The van der Waals surface area contributed by atoms with Gasteiger partial charge in [0.2, 0.25) is 0 Å². The van der Waals surface area contributed by atoms with Crippen LogP contribution in [0.1, 0.15) is 26.2 Å². The van der Waals surface area contributed by atoms with E-state index < -0.39 is 5.97 Å². The minimum atomic E-state index is -0.712. The monoisotopic (exact) mass is 142 g/mol. The van der Waals surface area contributed by atoms with Crippen LogP contribution in [0.25, 0.3) is 0 Å². The summed E-state index contributed by atoms with van der Waals surface area (Å²) in [5, 5.41) is 8.27. The molecule has 0 rings (SSSR count). The molecule has 0 aromatic rings. The highest BCUT2D eigenvalue weighted by Gasteiger charge is 1.99. The molecule has 0 aliphatic rings. The Morgan fingerprint density at radius 2 is 2.40 bits per heavy atom. The van der Waals surface area contributed by atoms with E-state index in [0.29, 0.717) is 5.92 Å². The second-order valence-corrected chi connectivity index (χ2v) is 2.50. The van der Waals surface area contributed by atoms with Gasteiger partial charge in [-0.05, 0) is 18.8 Å². The predicted octanol–water partition coefficient (Wildman–Crippen LogP) is 2.06. The van der Waals surface area contributed by atoms with Crippen molar-refractivity contribution in [2.45, 2.75) is 26.2 Å². The van der Waals surface area contributed by atoms with Gasteiger partial charge >= 0.3 is 5.97 Å². The Labute approximate surface area is 61.6 Å². The SMILES string of the molecule is C=C[C@H](C)CCCC(=O)O. The molecule has 0 unspecified atom stereocenters. The summed E-state index contributed by atoms with van der Waals surface area (Å²) in [5.41, 5.74) is 0. The number of hydrogen-bond donors (Lipinski definition) is 1. The maximum Gasteiger partial charge on any atom is 0.303 e. The molecule has 1 N–H and O–H groups in total. The number of rotatable bonds is 5. The van der Waals surface area contributed by atoms with Crippen LogP contribution in [0.3, 0.4) is 0 Å². The van der Waals surface area contributed by atoms with Crippen LogP contribution in [0.5, 0.6) is 0 Å². The van der Waals surface area contributed by atoms with Crippen molar-refractivity contribution in [1.29, 1.82) is 0 Å². The third-order valence-electron chi connectivity index (χ3n) is 1.45. The minimum absolute atomic E-state index is 0.276. The lowest BCUT2D eigenvalue weighted by molar-refractivity contribution is -0.137. The largest absolute Gasteiger partial charge is 0.481 e. The molecule has 0 spiro atoms. The number of carbonyl (C=O) groups is 1. The number of allylic oxidation sites excluding steroid dienone is 1. The molecule has 0 aliphatic heterocycles. The Balaban J connectivity index is 3.19. The van der Waals surface area contributed by atoms with E-state index in [0.717, 1.165) is 12.8 Å². The zero-order valence-electron chi connectivity index (χ0n) is 6.34. The molecule has 10 heavy (non-hydrogen) atoms. The molecular formula is C8H14O2. The Morgan fingerprint density at radius 1 is 1.80 bits per heavy atom. The van der Waals surface area contributed by atoms with E-state index in [-0.39, 0.29) is 6.42 Å². The van der Waals surface area contributed by atoms with Crippen molar-refractivity contribution >= 4 is 5.97 Å². The van der Waals surface area contributed by atoms with Crippen LogP contribution in [-0.4, -0.2) is 11.1 Å². The average molecular weight is 142 g/mol. The number of aliphatic carboxylic acids is 1. The predicted molar refractivity (Wildman–Crippen MR) is 40.8 cm³/mol. The van der Waals surface area contributed by atoms with Crippen LogP contribution in [0.2, 0.25) is 0 Å². The highest BCUT2D eigenvalue weighted by molar-refractivity contribution is 5.66. The Morgan fingerprint density at radius 3 is 2.80 bits per heavy atom. The van der Waals surface area contributed by atoms with Gasteiger partial charge in [0, 0.05) is 6.42 Å². The summed E-state index contributed by atoms with van der Waals surface area (Å²) < 4.78 is 0. The molecule has 0 fully saturated rings. The lowest BCUT2D eigenvalue weighted by atomic mass is 10.0. The quantitative estimate of drug-likeness (QED) is 0.596. The van der Waals surface area contributed by atoms with Gasteiger partial charge in [0.1, 0.15) is 0 Å². The molecule has 58 valence electrons. The van der Waals surface area contributed by atoms with Crippen LogP contribution in [0.15, 0.2) is 12.7 Å². The molecule has 1 atom stereocenters. The van der Waals surface area contributed by atoms with Crippen LogP contribution >= 0.6 is 0 Å². The van der Waals surface area contributed by atoms with Crippen LogP contribution in [0, 0.1) is 5.92 Å². The number of carboxylic acid groups (broad SMARTS) is 1. The zero-order chi connectivity index (χ0) is 7.98. The van der Waals surface area contributed by atoms with Gasteiger partial charge in [-0.2, -0.15) is 0 Å². The fourth-order valence-electron chi connectivity index (χ4n) is 0.693. The first-order chi connectivity index (χ1) is 4.66. The van der Waals surface area contributed by atoms with Crippen LogP contribution in [0.4, 0.5) is 0 Å². The minimum Gasteiger partial charge on any atom is -0.481 e. The van der Waals surface area contributed by atoms with Crippen molar-refractivity contribution in [2.24, 2.45) is 5.92 Å². The van der Waals surface area contributed by atoms with Crippen molar-refractivity contribution in [3.63, 3.8) is 0 Å². The van der Waals surface area contributed by atoms with Gasteiger partial charge in [-0.25, -0.2) is 0 Å². The molecule has 0 aromatic carbocycles. The molecule has 0 saturated carbocycles. The van der Waals surface area contributed by atoms with E-state index in [1.54, 1.807) is 0 Å². The highest BCUT2D eigenvalue weighted by atomic mass is 16.4. The van der Waals surface area contributed by atoms with Gasteiger partial charge in [0.25, 0.3) is 0 Å². The number of carboxylic acids is 1. The summed E-state index contributed by atoms with van der Waals surface area (Å²) in [5.74, 6) is -0.268. The zero-order valence-corrected chi connectivity index (χ0v) is 6.34. The van der Waals surface area contributed by atoms with Crippen LogP contribution < -0.4 is 0 Å². The third kappa shape index (κ3) is 5.35. The van der Waals surface area contributed by atoms with Crippen molar-refractivity contribution < 1.29 is 9.90 Å². The molecule has 0 radical (unpaired) electrons. The summed E-state index contributed by atoms with van der Waals surface area (Å²) in [6, 6.07) is 0. The van der Waals surface area contributed by atoms with E-state index in [1.165, 1.54) is 0 Å². The Kier molecular flexibility index (Phi) is 4.63. The maximum atomic E-state index is 10.0. The molecule has 2 nitrogen and oxygen atoms in total. The molecule has 0 amide bonds. The molecular weight excluding hydrogens is 128 g/mol. The summed E-state index contributed by atoms with van der Waals surface area (Å²) in [6.45, 7) is 5.65. The summed E-state index contributed by atoms with van der Waals surface area (Å²) in [6.07, 6.45) is 3.80. The van der Waals surface area contributed by atoms with Crippen molar-refractivity contribution in [3.8, 4) is 0 Å². The van der Waals surface area contributed by atoms with E-state index >= 15 is 0 Å². The van der Waals surface area contributed by atoms with Crippen molar-refractivity contribution in [1.82, 2.24) is 0 Å². The second-order valence-electron chi connectivity index (χ2n) is 2.50. The van der Waals surface area contributed by atoms with Gasteiger partial charge < -0.3 is 5.11 Å². The summed E-state index contributed by atoms with van der Waals surface area (Å²) >= 11 is 0. The molecule has 0 aliphatic carbocycles. The first-order valence-electron chi connectivity index (χ1n) is 3.51. The van der Waals surface area contributed by atoms with E-state index in [2.05, 4.69) is 6.58 Å². The van der Waals surface area contributed by atoms with E-state index in [9.17, 15) is 4.79 Å². The molecule has 0 saturated heterocycles. The van der Waals surface area contributed by atoms with Gasteiger partial charge in [0.15, 0.2) is 0 Å². The lowest BCUT2D eigenvalue weighted by Gasteiger charge is -2.01. The molecule has 2 heteroatoms. The fourth-order valence-corrected chi connectivity index (χ4v) is 0.693. The lowest BCUT2D eigenvalue weighted by Crippen LogP contribution is -1.96. The standard InChI is InChI=1S/C8H14O2/c1-3-7(2)5-4-6-8(9)10/h3,7H,1,4-6H2,2H3,(H,9,10)/t7-/m0/s1. The average Bonchev–Trinajstić information content (AvgIpc) is 1.87. The normalized spacial score (nSPS) is 12.5. The first-order valence-corrected chi connectivity index (χ1v) is 3.51. The van der Waals surface area contributed by atoms with Gasteiger partial charge in [-0.15, -0.1) is 6.58 Å². The van der Waals surface area contributed by atoms with Gasteiger partial charge in [0.05, 0.1) is 0 Å². The van der Waals surface area contributed by atoms with Gasteiger partial charge in [-0.3, -0.25) is 4.79 Å². The van der Waals surface area contributed by atoms with E-state index in [1.807, 2.05) is 13.0 Å². The van der Waals surface area contributed by atoms with E-state index in [4.69, 9.17) is 5.11 Å². The fraction of sp³-hybridized carbons (Fsp3) is 0.625. The smallest absolute Gasteiger partial charge is 0.303 e. The Bertz CT molecular complexity index is 118. The highest BCUT2D eigenvalue weighted by Crippen LogP contribution is 2.07. The first kappa shape index (κ1) is 9.21. The Hall–Kier alpha value is -0.790. The third-order valence-corrected chi connectivity index (χ3v) is 1.45.